The van der Waals surface area contributed by atoms with Crippen molar-refractivity contribution in [2.75, 3.05) is 25.1 Å². The number of halogens is 2. The van der Waals surface area contributed by atoms with Gasteiger partial charge in [0.2, 0.25) is 0 Å². The first-order chi connectivity index (χ1) is 11.3. The van der Waals surface area contributed by atoms with Crippen LogP contribution in [-0.4, -0.2) is 50.4 Å². The van der Waals surface area contributed by atoms with Crippen molar-refractivity contribution in [2.24, 2.45) is 10.9 Å². The van der Waals surface area contributed by atoms with Crippen LogP contribution in [0.1, 0.15) is 25.8 Å². The Morgan fingerprint density at radius 1 is 1.40 bits per heavy atom. The second-order valence-corrected chi connectivity index (χ2v) is 9.32. The van der Waals surface area contributed by atoms with Crippen LogP contribution >= 0.6 is 35.6 Å². The third kappa shape index (κ3) is 7.30. The van der Waals surface area contributed by atoms with Crippen LogP contribution in [0.25, 0.3) is 0 Å². The molecule has 0 amide bonds. The van der Waals surface area contributed by atoms with Gasteiger partial charge in [0.15, 0.2) is 15.8 Å². The number of hydrogen-bond acceptors (Lipinski definition) is 3. The van der Waals surface area contributed by atoms with E-state index in [-0.39, 0.29) is 47.4 Å². The minimum Gasteiger partial charge on any atom is -0.354 e. The first-order valence-corrected chi connectivity index (χ1v) is 10.4. The van der Waals surface area contributed by atoms with Gasteiger partial charge >= 0.3 is 0 Å². The lowest BCUT2D eigenvalue weighted by molar-refractivity contribution is 0.462. The third-order valence-corrected chi connectivity index (χ3v) is 6.18. The summed E-state index contributed by atoms with van der Waals surface area (Å²) in [5.41, 5.74) is 1.03. The Labute approximate surface area is 173 Å². The first kappa shape index (κ1) is 22.5. The molecule has 0 aliphatic carbocycles. The van der Waals surface area contributed by atoms with Gasteiger partial charge in [0, 0.05) is 31.2 Å². The normalized spacial score (nSPS) is 19.6. The predicted octanol–water partition coefficient (Wildman–Crippen LogP) is 3.18. The number of nitrogens with one attached hydrogen (secondary N) is 1. The van der Waals surface area contributed by atoms with Gasteiger partial charge in [-0.3, -0.25) is 4.99 Å². The predicted molar refractivity (Wildman–Crippen MR) is 116 cm³/mol. The van der Waals surface area contributed by atoms with E-state index in [0.717, 1.165) is 16.5 Å². The van der Waals surface area contributed by atoms with E-state index in [4.69, 9.17) is 11.6 Å². The maximum Gasteiger partial charge on any atom is 0.194 e. The zero-order valence-corrected chi connectivity index (χ0v) is 18.8. The molecule has 0 radical (unpaired) electrons. The second kappa shape index (κ2) is 9.97. The summed E-state index contributed by atoms with van der Waals surface area (Å²) in [5.74, 6) is 1.43. The maximum absolute atomic E-state index is 11.6. The number of sulfone groups is 1. The van der Waals surface area contributed by atoms with Gasteiger partial charge in [0.1, 0.15) is 0 Å². The van der Waals surface area contributed by atoms with E-state index in [1.807, 2.05) is 36.2 Å². The molecule has 0 aromatic heterocycles. The number of rotatable bonds is 5. The monoisotopic (exact) mass is 499 g/mol. The molecule has 1 aliphatic heterocycles. The summed E-state index contributed by atoms with van der Waals surface area (Å²) >= 11 is 6.24. The fourth-order valence-electron chi connectivity index (χ4n) is 2.72. The molecule has 25 heavy (non-hydrogen) atoms. The summed E-state index contributed by atoms with van der Waals surface area (Å²) in [6.07, 6.45) is 0.703. The molecule has 1 atom stereocenters. The standard InChI is InChI=1S/C17H26ClN3O2S.HI/c1-13(2)20-17(19-10-14-8-9-24(22,23)12-14)21(3)11-15-6-4-5-7-16(15)18;/h4-7,13-14H,8-12H2,1-3H3,(H,19,20);1H. The van der Waals surface area contributed by atoms with Crippen LogP contribution in [0.5, 0.6) is 0 Å². The zero-order chi connectivity index (χ0) is 17.7. The van der Waals surface area contributed by atoms with Gasteiger partial charge < -0.3 is 10.2 Å². The molecular formula is C17H27ClIN3O2S. The molecule has 142 valence electrons. The molecule has 1 saturated heterocycles. The summed E-state index contributed by atoms with van der Waals surface area (Å²) in [5, 5.41) is 4.08. The number of guanidine groups is 1. The van der Waals surface area contributed by atoms with Crippen LogP contribution < -0.4 is 5.32 Å². The molecule has 1 aromatic carbocycles. The van der Waals surface area contributed by atoms with Gasteiger partial charge in [-0.15, -0.1) is 24.0 Å². The Morgan fingerprint density at radius 2 is 2.08 bits per heavy atom. The lowest BCUT2D eigenvalue weighted by atomic mass is 10.1. The number of aliphatic imine (C=N–C) groups is 1. The quantitative estimate of drug-likeness (QED) is 0.384. The average molecular weight is 500 g/mol. The molecule has 1 fully saturated rings. The molecule has 1 heterocycles. The molecule has 8 heteroatoms. The Hall–Kier alpha value is -0.540. The van der Waals surface area contributed by atoms with E-state index in [1.165, 1.54) is 0 Å². The largest absolute Gasteiger partial charge is 0.354 e. The van der Waals surface area contributed by atoms with Crippen molar-refractivity contribution in [3.05, 3.63) is 34.9 Å². The lowest BCUT2D eigenvalue weighted by Crippen LogP contribution is -2.42. The highest BCUT2D eigenvalue weighted by molar-refractivity contribution is 14.0. The summed E-state index contributed by atoms with van der Waals surface area (Å²) in [7, 11) is -0.900. The van der Waals surface area contributed by atoms with Gasteiger partial charge in [-0.25, -0.2) is 8.42 Å². The smallest absolute Gasteiger partial charge is 0.194 e. The third-order valence-electron chi connectivity index (χ3n) is 3.97. The van der Waals surface area contributed by atoms with Crippen molar-refractivity contribution < 1.29 is 8.42 Å². The van der Waals surface area contributed by atoms with Crippen molar-refractivity contribution in [1.82, 2.24) is 10.2 Å². The van der Waals surface area contributed by atoms with Gasteiger partial charge in [0.05, 0.1) is 11.5 Å². The molecule has 0 saturated carbocycles. The topological polar surface area (TPSA) is 61.8 Å². The lowest BCUT2D eigenvalue weighted by Gasteiger charge is -2.25. The molecule has 5 nitrogen and oxygen atoms in total. The fraction of sp³-hybridized carbons (Fsp3) is 0.588. The van der Waals surface area contributed by atoms with Gasteiger partial charge in [-0.1, -0.05) is 29.8 Å². The molecule has 0 spiro atoms. The van der Waals surface area contributed by atoms with Crippen LogP contribution in [0.3, 0.4) is 0 Å². The van der Waals surface area contributed by atoms with E-state index in [1.54, 1.807) is 0 Å². The number of nitrogens with zero attached hydrogens (tertiary/aromatic N) is 2. The van der Waals surface area contributed by atoms with E-state index in [2.05, 4.69) is 24.2 Å². The Morgan fingerprint density at radius 3 is 2.64 bits per heavy atom. The Balaban J connectivity index is 0.00000312. The van der Waals surface area contributed by atoms with E-state index in [9.17, 15) is 8.42 Å². The second-order valence-electron chi connectivity index (χ2n) is 6.68. The molecule has 1 aliphatic rings. The number of hydrogen-bond donors (Lipinski definition) is 1. The van der Waals surface area contributed by atoms with Crippen LogP contribution in [0.4, 0.5) is 0 Å². The average Bonchev–Trinajstić information content (AvgIpc) is 2.84. The van der Waals surface area contributed by atoms with Crippen LogP contribution in [0, 0.1) is 5.92 Å². The SMILES string of the molecule is CC(C)NC(=NCC1CCS(=O)(=O)C1)N(C)Cc1ccccc1Cl.I. The number of benzene rings is 1. The summed E-state index contributed by atoms with van der Waals surface area (Å²) < 4.78 is 23.2. The van der Waals surface area contributed by atoms with Crippen LogP contribution in [-0.2, 0) is 16.4 Å². The van der Waals surface area contributed by atoms with Crippen LogP contribution in [0.2, 0.25) is 5.02 Å². The fourth-order valence-corrected chi connectivity index (χ4v) is 4.77. The minimum absolute atomic E-state index is 0. The van der Waals surface area contributed by atoms with Crippen molar-refractivity contribution in [3.8, 4) is 0 Å². The molecular weight excluding hydrogens is 473 g/mol. The minimum atomic E-state index is -2.86. The van der Waals surface area contributed by atoms with Gasteiger partial charge in [-0.05, 0) is 37.8 Å². The van der Waals surface area contributed by atoms with E-state index in [0.29, 0.717) is 19.5 Å². The first-order valence-electron chi connectivity index (χ1n) is 8.23. The Kier molecular flexibility index (Phi) is 8.97. The summed E-state index contributed by atoms with van der Waals surface area (Å²) in [6.45, 7) is 5.28. The van der Waals surface area contributed by atoms with Gasteiger partial charge in [-0.2, -0.15) is 0 Å². The molecule has 2 rings (SSSR count). The molecule has 1 N–H and O–H groups in total. The Bertz CT molecular complexity index is 695. The van der Waals surface area contributed by atoms with E-state index >= 15 is 0 Å². The maximum atomic E-state index is 11.6. The van der Waals surface area contributed by atoms with Crippen molar-refractivity contribution >= 4 is 51.4 Å². The van der Waals surface area contributed by atoms with Crippen LogP contribution in [0.15, 0.2) is 29.3 Å². The molecule has 1 aromatic rings. The van der Waals surface area contributed by atoms with Crippen molar-refractivity contribution in [1.29, 1.82) is 0 Å². The van der Waals surface area contributed by atoms with Gasteiger partial charge in [0.25, 0.3) is 0 Å². The highest BCUT2D eigenvalue weighted by Gasteiger charge is 2.27. The summed E-state index contributed by atoms with van der Waals surface area (Å²) in [6, 6.07) is 7.99. The van der Waals surface area contributed by atoms with Crippen molar-refractivity contribution in [2.45, 2.75) is 32.9 Å². The highest BCUT2D eigenvalue weighted by Crippen LogP contribution is 2.19. The zero-order valence-electron chi connectivity index (χ0n) is 14.9. The van der Waals surface area contributed by atoms with Crippen molar-refractivity contribution in [3.63, 3.8) is 0 Å². The highest BCUT2D eigenvalue weighted by atomic mass is 127. The molecule has 1 unspecified atom stereocenters. The molecule has 0 bridgehead atoms. The summed E-state index contributed by atoms with van der Waals surface area (Å²) in [4.78, 5) is 6.68. The van der Waals surface area contributed by atoms with E-state index < -0.39 is 9.84 Å².